The molecule has 0 saturated carbocycles. The largest absolute Gasteiger partial charge is 0.338 e. The number of sulfone groups is 1. The zero-order valence-electron chi connectivity index (χ0n) is 17.3. The first kappa shape index (κ1) is 21.8. The summed E-state index contributed by atoms with van der Waals surface area (Å²) in [7, 11) is -1.35. The van der Waals surface area contributed by atoms with Crippen molar-refractivity contribution in [1.29, 1.82) is 0 Å². The van der Waals surface area contributed by atoms with E-state index in [1.54, 1.807) is 27.9 Å². The van der Waals surface area contributed by atoms with Crippen molar-refractivity contribution in [2.75, 3.05) is 23.8 Å². The lowest BCUT2D eigenvalue weighted by atomic mass is 10.2. The van der Waals surface area contributed by atoms with E-state index < -0.39 is 9.84 Å². The van der Waals surface area contributed by atoms with Gasteiger partial charge < -0.3 is 4.90 Å². The first-order valence-corrected chi connectivity index (χ1v) is 14.1. The summed E-state index contributed by atoms with van der Waals surface area (Å²) in [6, 6.07) is -0.242. The Kier molecular flexibility index (Phi) is 6.28. The zero-order chi connectivity index (χ0) is 21.5. The Bertz CT molecular complexity index is 1140. The van der Waals surface area contributed by atoms with Crippen LogP contribution < -0.4 is 5.56 Å². The fourth-order valence-corrected chi connectivity index (χ4v) is 8.20. The number of hydrogen-bond acceptors (Lipinski definition) is 7. The summed E-state index contributed by atoms with van der Waals surface area (Å²) in [5.41, 5.74) is 1.11. The highest BCUT2D eigenvalue weighted by molar-refractivity contribution is 7.99. The van der Waals surface area contributed by atoms with E-state index in [0.717, 1.165) is 47.9 Å². The number of thioether (sulfide) groups is 1. The molecule has 1 fully saturated rings. The van der Waals surface area contributed by atoms with Gasteiger partial charge in [-0.1, -0.05) is 25.1 Å². The van der Waals surface area contributed by atoms with Crippen LogP contribution in [0.1, 0.15) is 43.0 Å². The molecule has 1 aliphatic heterocycles. The lowest BCUT2D eigenvalue weighted by molar-refractivity contribution is -0.130. The normalized spacial score (nSPS) is 20.0. The van der Waals surface area contributed by atoms with E-state index in [4.69, 9.17) is 4.98 Å². The summed E-state index contributed by atoms with van der Waals surface area (Å²) in [6.45, 7) is 2.62. The van der Waals surface area contributed by atoms with Crippen LogP contribution in [0, 0.1) is 0 Å². The van der Waals surface area contributed by atoms with Crippen molar-refractivity contribution in [1.82, 2.24) is 14.5 Å². The maximum atomic E-state index is 13.0. The molecule has 0 N–H and O–H groups in total. The molecule has 2 aliphatic rings. The highest BCUT2D eigenvalue weighted by Gasteiger charge is 2.34. The summed E-state index contributed by atoms with van der Waals surface area (Å²) in [5, 5.41) is 1.28. The van der Waals surface area contributed by atoms with Crippen LogP contribution in [-0.4, -0.2) is 58.6 Å². The van der Waals surface area contributed by atoms with E-state index in [0.29, 0.717) is 18.1 Å². The van der Waals surface area contributed by atoms with Crippen molar-refractivity contribution < 1.29 is 13.2 Å². The summed E-state index contributed by atoms with van der Waals surface area (Å²) >= 11 is 2.86. The first-order valence-electron chi connectivity index (χ1n) is 10.4. The van der Waals surface area contributed by atoms with Gasteiger partial charge in [0.25, 0.3) is 5.56 Å². The third-order valence-electron chi connectivity index (χ3n) is 5.95. The number of unbranched alkanes of at least 4 members (excludes halogenated alkanes) is 1. The Morgan fingerprint density at radius 2 is 2.17 bits per heavy atom. The van der Waals surface area contributed by atoms with Crippen LogP contribution in [0.2, 0.25) is 0 Å². The standard InChI is InChI=1S/C20H27N3O4S3/c1-3-4-9-23(13-8-10-30(26,27)12-13)16(24)11-28-20-21-18-17(19(25)22(20)2)14-6-5-7-15(14)29-18/h13H,3-12H2,1-2H3. The number of rotatable bonds is 7. The Balaban J connectivity index is 1.52. The lowest BCUT2D eigenvalue weighted by Crippen LogP contribution is -2.42. The average Bonchev–Trinajstić information content (AvgIpc) is 3.38. The minimum atomic E-state index is -3.06. The van der Waals surface area contributed by atoms with Gasteiger partial charge in [0.2, 0.25) is 5.91 Å². The Morgan fingerprint density at radius 1 is 1.37 bits per heavy atom. The van der Waals surface area contributed by atoms with Gasteiger partial charge in [-0.25, -0.2) is 13.4 Å². The molecule has 1 atom stereocenters. The van der Waals surface area contributed by atoms with Crippen LogP contribution in [0.3, 0.4) is 0 Å². The molecule has 2 aromatic rings. The highest BCUT2D eigenvalue weighted by atomic mass is 32.2. The van der Waals surface area contributed by atoms with E-state index in [1.165, 1.54) is 16.6 Å². The average molecular weight is 470 g/mol. The molecule has 1 saturated heterocycles. The van der Waals surface area contributed by atoms with E-state index in [1.807, 2.05) is 0 Å². The zero-order valence-corrected chi connectivity index (χ0v) is 19.8. The minimum absolute atomic E-state index is 0.0425. The van der Waals surface area contributed by atoms with Gasteiger partial charge in [-0.15, -0.1) is 11.3 Å². The Hall–Kier alpha value is -1.39. The van der Waals surface area contributed by atoms with Gasteiger partial charge in [0.1, 0.15) is 4.83 Å². The summed E-state index contributed by atoms with van der Waals surface area (Å²) in [5.74, 6) is 0.267. The fraction of sp³-hybridized carbons (Fsp3) is 0.650. The van der Waals surface area contributed by atoms with E-state index >= 15 is 0 Å². The van der Waals surface area contributed by atoms with Gasteiger partial charge in [-0.2, -0.15) is 0 Å². The van der Waals surface area contributed by atoms with Gasteiger partial charge in [-0.05, 0) is 37.7 Å². The van der Waals surface area contributed by atoms with Crippen molar-refractivity contribution in [3.05, 3.63) is 20.8 Å². The van der Waals surface area contributed by atoms with E-state index in [2.05, 4.69) is 6.92 Å². The van der Waals surface area contributed by atoms with Crippen LogP contribution in [0.4, 0.5) is 0 Å². The third-order valence-corrected chi connectivity index (χ3v) is 9.90. The van der Waals surface area contributed by atoms with Crippen molar-refractivity contribution in [2.24, 2.45) is 7.05 Å². The SMILES string of the molecule is CCCCN(C(=O)CSc1nc2sc3c(c2c(=O)n1C)CCC3)C1CCS(=O)(=O)C1. The molecular weight excluding hydrogens is 442 g/mol. The van der Waals surface area contributed by atoms with Gasteiger partial charge >= 0.3 is 0 Å². The van der Waals surface area contributed by atoms with Gasteiger partial charge in [0, 0.05) is 24.5 Å². The minimum Gasteiger partial charge on any atom is -0.338 e. The Labute approximate surface area is 184 Å². The summed E-state index contributed by atoms with van der Waals surface area (Å²) in [6.07, 6.45) is 5.33. The molecule has 7 nitrogen and oxygen atoms in total. The monoisotopic (exact) mass is 469 g/mol. The molecule has 30 heavy (non-hydrogen) atoms. The van der Waals surface area contributed by atoms with Gasteiger partial charge in [-0.3, -0.25) is 14.2 Å². The summed E-state index contributed by atoms with van der Waals surface area (Å²) < 4.78 is 25.3. The number of carbonyl (C=O) groups is 1. The molecular formula is C20H27N3O4S3. The number of fused-ring (bicyclic) bond motifs is 3. The molecule has 1 unspecified atom stereocenters. The fourth-order valence-electron chi connectivity index (χ4n) is 4.30. The number of aromatic nitrogens is 2. The van der Waals surface area contributed by atoms with Gasteiger partial charge in [0.05, 0.1) is 22.6 Å². The van der Waals surface area contributed by atoms with Crippen molar-refractivity contribution in [2.45, 2.75) is 56.6 Å². The molecule has 0 spiro atoms. The molecule has 4 rings (SSSR count). The predicted molar refractivity (Wildman–Crippen MR) is 121 cm³/mol. The number of hydrogen-bond donors (Lipinski definition) is 0. The molecule has 0 aromatic carbocycles. The van der Waals surface area contributed by atoms with Crippen molar-refractivity contribution in [3.63, 3.8) is 0 Å². The third kappa shape index (κ3) is 4.18. The summed E-state index contributed by atoms with van der Waals surface area (Å²) in [4.78, 5) is 34.4. The van der Waals surface area contributed by atoms with Crippen LogP contribution in [0.5, 0.6) is 0 Å². The van der Waals surface area contributed by atoms with Crippen LogP contribution in [0.15, 0.2) is 9.95 Å². The molecule has 164 valence electrons. The van der Waals surface area contributed by atoms with Gasteiger partial charge in [0.15, 0.2) is 15.0 Å². The number of nitrogens with zero attached hydrogens (tertiary/aromatic N) is 3. The molecule has 1 aliphatic carbocycles. The number of amides is 1. The second kappa shape index (κ2) is 8.63. The first-order chi connectivity index (χ1) is 14.3. The molecule has 0 bridgehead atoms. The van der Waals surface area contributed by atoms with Crippen molar-refractivity contribution >= 4 is 49.1 Å². The molecule has 1 amide bonds. The molecule has 3 heterocycles. The highest BCUT2D eigenvalue weighted by Crippen LogP contribution is 2.35. The second-order valence-corrected chi connectivity index (χ2v) is 12.3. The molecule has 10 heteroatoms. The number of thiophene rings is 1. The topological polar surface area (TPSA) is 89.3 Å². The molecule has 0 radical (unpaired) electrons. The maximum absolute atomic E-state index is 13.0. The number of aryl methyl sites for hydroxylation is 2. The molecule has 2 aromatic heterocycles. The van der Waals surface area contributed by atoms with Crippen LogP contribution in [0.25, 0.3) is 10.2 Å². The number of carbonyl (C=O) groups excluding carboxylic acids is 1. The second-order valence-electron chi connectivity index (χ2n) is 8.08. The van der Waals surface area contributed by atoms with Crippen LogP contribution in [-0.2, 0) is 34.5 Å². The van der Waals surface area contributed by atoms with Crippen molar-refractivity contribution in [3.8, 4) is 0 Å². The predicted octanol–water partition coefficient (Wildman–Crippen LogP) is 2.39. The van der Waals surface area contributed by atoms with E-state index in [-0.39, 0.29) is 34.8 Å². The smallest absolute Gasteiger partial charge is 0.262 e. The quantitative estimate of drug-likeness (QED) is 0.457. The van der Waals surface area contributed by atoms with Crippen LogP contribution >= 0.6 is 23.1 Å². The lowest BCUT2D eigenvalue weighted by Gasteiger charge is -2.28. The maximum Gasteiger partial charge on any atom is 0.262 e. The Morgan fingerprint density at radius 3 is 2.87 bits per heavy atom. The van der Waals surface area contributed by atoms with E-state index in [9.17, 15) is 18.0 Å².